The number of benzene rings is 2. The van der Waals surface area contributed by atoms with Crippen molar-refractivity contribution < 1.29 is 13.9 Å². The van der Waals surface area contributed by atoms with Gasteiger partial charge in [-0.3, -0.25) is 0 Å². The fraction of sp³-hybridized carbons (Fsp3) is 0.429. The van der Waals surface area contributed by atoms with Crippen LogP contribution in [0.25, 0.3) is 0 Å². The summed E-state index contributed by atoms with van der Waals surface area (Å²) in [5.41, 5.74) is 4.03. The van der Waals surface area contributed by atoms with Crippen LogP contribution in [0.4, 0.5) is 10.1 Å². The Labute approximate surface area is 148 Å². The number of rotatable bonds is 1. The molecule has 1 N–H and O–H groups in total. The second-order valence-electron chi connectivity index (χ2n) is 7.82. The predicted octanol–water partition coefficient (Wildman–Crippen LogP) is 4.75. The van der Waals surface area contributed by atoms with Gasteiger partial charge in [-0.05, 0) is 23.1 Å². The van der Waals surface area contributed by atoms with Crippen LogP contribution in [0, 0.1) is 5.82 Å². The largest absolute Gasteiger partial charge is 0.375 e. The first-order valence-corrected chi connectivity index (χ1v) is 8.84. The Morgan fingerprint density at radius 3 is 2.52 bits per heavy atom. The highest BCUT2D eigenvalue weighted by atomic mass is 19.1. The van der Waals surface area contributed by atoms with E-state index in [1.165, 1.54) is 11.6 Å². The molecule has 2 aliphatic heterocycles. The Balaban J connectivity index is 1.79. The van der Waals surface area contributed by atoms with Crippen LogP contribution in [-0.4, -0.2) is 19.3 Å². The first-order valence-electron chi connectivity index (χ1n) is 8.84. The summed E-state index contributed by atoms with van der Waals surface area (Å²) in [5.74, 6) is -0.220. The minimum absolute atomic E-state index is 0.0580. The molecule has 25 heavy (non-hydrogen) atoms. The third-order valence-corrected chi connectivity index (χ3v) is 5.09. The fourth-order valence-corrected chi connectivity index (χ4v) is 3.71. The molecule has 0 amide bonds. The zero-order valence-electron chi connectivity index (χ0n) is 14.9. The van der Waals surface area contributed by atoms with Gasteiger partial charge in [-0.1, -0.05) is 51.1 Å². The highest BCUT2D eigenvalue weighted by Crippen LogP contribution is 2.45. The highest BCUT2D eigenvalue weighted by Gasteiger charge is 2.42. The molecule has 0 saturated carbocycles. The molecule has 2 aliphatic rings. The molecule has 2 unspecified atom stereocenters. The van der Waals surface area contributed by atoms with Crippen molar-refractivity contribution in [3.8, 4) is 0 Å². The van der Waals surface area contributed by atoms with E-state index in [-0.39, 0.29) is 29.5 Å². The van der Waals surface area contributed by atoms with Crippen LogP contribution < -0.4 is 5.32 Å². The van der Waals surface area contributed by atoms with E-state index in [1.807, 2.05) is 12.1 Å². The van der Waals surface area contributed by atoms with Crippen molar-refractivity contribution in [3.63, 3.8) is 0 Å². The van der Waals surface area contributed by atoms with Crippen LogP contribution in [0.2, 0.25) is 0 Å². The molecule has 2 heterocycles. The lowest BCUT2D eigenvalue weighted by Crippen LogP contribution is -2.43. The lowest BCUT2D eigenvalue weighted by Gasteiger charge is -2.43. The zero-order chi connectivity index (χ0) is 17.6. The Bertz CT molecular complexity index is 784. The lowest BCUT2D eigenvalue weighted by atomic mass is 9.82. The Kier molecular flexibility index (Phi) is 4.05. The maximum Gasteiger partial charge on any atom is 0.128 e. The summed E-state index contributed by atoms with van der Waals surface area (Å²) in [5, 5.41) is 3.49. The number of ether oxygens (including phenoxy) is 2. The van der Waals surface area contributed by atoms with Crippen LogP contribution in [0.5, 0.6) is 0 Å². The van der Waals surface area contributed by atoms with Crippen molar-refractivity contribution in [1.29, 1.82) is 0 Å². The van der Waals surface area contributed by atoms with Gasteiger partial charge in [-0.2, -0.15) is 0 Å². The molecular formula is C21H24FNO2. The summed E-state index contributed by atoms with van der Waals surface area (Å²) in [6, 6.07) is 13.0. The molecule has 0 bridgehead atoms. The van der Waals surface area contributed by atoms with E-state index in [9.17, 15) is 4.39 Å². The van der Waals surface area contributed by atoms with E-state index >= 15 is 0 Å². The molecule has 132 valence electrons. The second-order valence-corrected chi connectivity index (χ2v) is 7.82. The van der Waals surface area contributed by atoms with Gasteiger partial charge in [0.1, 0.15) is 18.0 Å². The quantitative estimate of drug-likeness (QED) is 0.812. The zero-order valence-corrected chi connectivity index (χ0v) is 14.9. The first-order chi connectivity index (χ1) is 11.9. The highest BCUT2D eigenvalue weighted by molar-refractivity contribution is 5.59. The smallest absolute Gasteiger partial charge is 0.128 e. The number of hydrogen-bond acceptors (Lipinski definition) is 3. The third-order valence-electron chi connectivity index (χ3n) is 5.09. The number of anilines is 1. The van der Waals surface area contributed by atoms with E-state index in [2.05, 4.69) is 44.3 Å². The summed E-state index contributed by atoms with van der Waals surface area (Å²) >= 11 is 0. The molecule has 1 saturated heterocycles. The van der Waals surface area contributed by atoms with E-state index in [1.54, 1.807) is 6.07 Å². The van der Waals surface area contributed by atoms with E-state index < -0.39 is 0 Å². The van der Waals surface area contributed by atoms with Crippen molar-refractivity contribution in [2.75, 3.05) is 18.5 Å². The molecule has 4 rings (SSSR count). The summed E-state index contributed by atoms with van der Waals surface area (Å²) in [6.07, 6.45) is -0.426. The van der Waals surface area contributed by atoms with Gasteiger partial charge >= 0.3 is 0 Å². The first kappa shape index (κ1) is 16.6. The van der Waals surface area contributed by atoms with Crippen LogP contribution in [0.1, 0.15) is 49.6 Å². The molecule has 3 atom stereocenters. The summed E-state index contributed by atoms with van der Waals surface area (Å²) in [4.78, 5) is 0. The summed E-state index contributed by atoms with van der Waals surface area (Å²) < 4.78 is 26.5. The maximum atomic E-state index is 14.4. The Hall–Kier alpha value is -1.91. The van der Waals surface area contributed by atoms with Crippen molar-refractivity contribution in [3.05, 3.63) is 65.0 Å². The average Bonchev–Trinajstić information content (AvgIpc) is 2.60. The van der Waals surface area contributed by atoms with Gasteiger partial charge in [0.2, 0.25) is 0 Å². The predicted molar refractivity (Wildman–Crippen MR) is 96.3 cm³/mol. The van der Waals surface area contributed by atoms with Crippen LogP contribution in [0.15, 0.2) is 42.5 Å². The van der Waals surface area contributed by atoms with Crippen molar-refractivity contribution in [2.45, 2.75) is 44.4 Å². The normalized spacial score (nSPS) is 25.7. The fourth-order valence-electron chi connectivity index (χ4n) is 3.71. The molecule has 3 nitrogen and oxygen atoms in total. The van der Waals surface area contributed by atoms with Crippen molar-refractivity contribution >= 4 is 5.69 Å². The van der Waals surface area contributed by atoms with Crippen LogP contribution in [0.3, 0.4) is 0 Å². The molecule has 0 spiro atoms. The second kappa shape index (κ2) is 6.11. The molecule has 4 heteroatoms. The Morgan fingerprint density at radius 1 is 1.00 bits per heavy atom. The van der Waals surface area contributed by atoms with E-state index in [0.29, 0.717) is 18.8 Å². The van der Waals surface area contributed by atoms with Crippen molar-refractivity contribution in [2.24, 2.45) is 0 Å². The number of fused-ring (bicyclic) bond motifs is 3. The van der Waals surface area contributed by atoms with Crippen LogP contribution in [-0.2, 0) is 14.9 Å². The van der Waals surface area contributed by atoms with Gasteiger partial charge in [0.05, 0.1) is 19.3 Å². The minimum atomic E-state index is -0.264. The van der Waals surface area contributed by atoms with Gasteiger partial charge < -0.3 is 14.8 Å². The number of nitrogens with one attached hydrogen (secondary N) is 1. The molecular weight excluding hydrogens is 317 g/mol. The third kappa shape index (κ3) is 2.94. The molecule has 0 radical (unpaired) electrons. The SMILES string of the molecule is CC(C)(C)c1ccc2c(c1)C1OCCO[C@H]1C(c1ccccc1F)N2. The molecule has 1 fully saturated rings. The average molecular weight is 341 g/mol. The minimum Gasteiger partial charge on any atom is -0.375 e. The monoisotopic (exact) mass is 341 g/mol. The molecule has 0 aliphatic carbocycles. The van der Waals surface area contributed by atoms with Gasteiger partial charge in [0.15, 0.2) is 0 Å². The molecule has 2 aromatic carbocycles. The van der Waals surface area contributed by atoms with Gasteiger partial charge in [0.25, 0.3) is 0 Å². The van der Waals surface area contributed by atoms with Crippen molar-refractivity contribution in [1.82, 2.24) is 0 Å². The number of hydrogen-bond donors (Lipinski definition) is 1. The van der Waals surface area contributed by atoms with E-state index in [4.69, 9.17) is 9.47 Å². The molecule has 2 aromatic rings. The van der Waals surface area contributed by atoms with Gasteiger partial charge in [-0.25, -0.2) is 4.39 Å². The van der Waals surface area contributed by atoms with Gasteiger partial charge in [0, 0.05) is 16.8 Å². The lowest BCUT2D eigenvalue weighted by molar-refractivity contribution is -0.151. The van der Waals surface area contributed by atoms with Crippen LogP contribution >= 0.6 is 0 Å². The Morgan fingerprint density at radius 2 is 1.76 bits per heavy atom. The number of halogens is 1. The standard InChI is InChI=1S/C21H24FNO2/c1-21(2,3)13-8-9-17-15(12-13)19-20(25-11-10-24-19)18(23-17)14-6-4-5-7-16(14)22/h4-9,12,18-20,23H,10-11H2,1-3H3/t18?,19?,20-/m0/s1. The maximum absolute atomic E-state index is 14.4. The topological polar surface area (TPSA) is 30.5 Å². The van der Waals surface area contributed by atoms with Gasteiger partial charge in [-0.15, -0.1) is 0 Å². The summed E-state index contributed by atoms with van der Waals surface area (Å²) in [7, 11) is 0. The van der Waals surface area contributed by atoms with E-state index in [0.717, 1.165) is 11.3 Å². The summed E-state index contributed by atoms with van der Waals surface area (Å²) in [6.45, 7) is 7.68. The molecule has 0 aromatic heterocycles.